The summed E-state index contributed by atoms with van der Waals surface area (Å²) in [5, 5.41) is 4.37. The zero-order chi connectivity index (χ0) is 16.6. The van der Waals surface area contributed by atoms with Crippen LogP contribution < -0.4 is 5.32 Å². The first-order valence-electron chi connectivity index (χ1n) is 8.93. The largest absolute Gasteiger partial charge is 0.377 e. The Kier molecular flexibility index (Phi) is 6.71. The minimum atomic E-state index is 0.410. The van der Waals surface area contributed by atoms with Crippen LogP contribution in [0.2, 0.25) is 5.02 Å². The van der Waals surface area contributed by atoms with E-state index >= 15 is 0 Å². The van der Waals surface area contributed by atoms with Crippen molar-refractivity contribution < 1.29 is 4.74 Å². The van der Waals surface area contributed by atoms with E-state index in [1.807, 2.05) is 12.1 Å². The van der Waals surface area contributed by atoms with E-state index in [9.17, 15) is 0 Å². The van der Waals surface area contributed by atoms with Gasteiger partial charge in [0.05, 0.1) is 6.10 Å². The van der Waals surface area contributed by atoms with Crippen molar-refractivity contribution in [1.29, 1.82) is 0 Å². The molecule has 1 N–H and O–H groups in total. The lowest BCUT2D eigenvalue weighted by atomic mass is 9.89. The van der Waals surface area contributed by atoms with Crippen molar-refractivity contribution in [2.24, 2.45) is 0 Å². The summed E-state index contributed by atoms with van der Waals surface area (Å²) >= 11 is 6.05. The fraction of sp³-hybridized carbons (Fsp3) is 0.429. The Morgan fingerprint density at radius 1 is 1.08 bits per heavy atom. The number of hydrogen-bond acceptors (Lipinski definition) is 2. The van der Waals surface area contributed by atoms with Crippen LogP contribution in [0.5, 0.6) is 0 Å². The number of ether oxygens (including phenoxy) is 1. The molecule has 1 aliphatic heterocycles. The molecule has 1 saturated heterocycles. The van der Waals surface area contributed by atoms with E-state index in [-0.39, 0.29) is 0 Å². The van der Waals surface area contributed by atoms with Gasteiger partial charge < -0.3 is 10.1 Å². The molecule has 0 bridgehead atoms. The van der Waals surface area contributed by atoms with Crippen molar-refractivity contribution in [2.45, 2.75) is 37.7 Å². The molecule has 1 aliphatic rings. The van der Waals surface area contributed by atoms with Gasteiger partial charge in [-0.25, -0.2) is 0 Å². The molecule has 2 aromatic carbocycles. The van der Waals surface area contributed by atoms with Gasteiger partial charge in [-0.2, -0.15) is 0 Å². The van der Waals surface area contributed by atoms with Crippen LogP contribution in [0.15, 0.2) is 54.6 Å². The van der Waals surface area contributed by atoms with E-state index in [4.69, 9.17) is 16.3 Å². The van der Waals surface area contributed by atoms with Crippen molar-refractivity contribution in [3.05, 3.63) is 70.7 Å². The van der Waals surface area contributed by atoms with E-state index in [2.05, 4.69) is 47.8 Å². The van der Waals surface area contributed by atoms with Crippen LogP contribution in [-0.2, 0) is 11.2 Å². The molecular weight excluding hydrogens is 318 g/mol. The van der Waals surface area contributed by atoms with E-state index in [1.54, 1.807) is 0 Å². The Morgan fingerprint density at radius 2 is 1.88 bits per heavy atom. The average molecular weight is 344 g/mol. The van der Waals surface area contributed by atoms with E-state index in [0.717, 1.165) is 37.6 Å². The second-order valence-electron chi connectivity index (χ2n) is 6.57. The highest BCUT2D eigenvalue weighted by Gasteiger charge is 2.16. The van der Waals surface area contributed by atoms with Crippen LogP contribution in [0, 0.1) is 0 Å². The Balaban J connectivity index is 1.57. The third kappa shape index (κ3) is 5.34. The summed E-state index contributed by atoms with van der Waals surface area (Å²) in [5.41, 5.74) is 2.75. The number of halogens is 1. The van der Waals surface area contributed by atoms with Crippen LogP contribution >= 0.6 is 11.6 Å². The quantitative estimate of drug-likeness (QED) is 0.693. The highest BCUT2D eigenvalue weighted by Crippen LogP contribution is 2.25. The summed E-state index contributed by atoms with van der Waals surface area (Å²) in [7, 11) is 0. The molecule has 0 aromatic heterocycles. The molecule has 3 heteroatoms. The maximum Gasteiger partial charge on any atom is 0.0700 e. The highest BCUT2D eigenvalue weighted by molar-refractivity contribution is 6.30. The van der Waals surface area contributed by atoms with Gasteiger partial charge in [-0.05, 0) is 61.4 Å². The second kappa shape index (κ2) is 9.22. The Hall–Kier alpha value is -1.35. The summed E-state index contributed by atoms with van der Waals surface area (Å²) in [6.07, 6.45) is 4.98. The first kappa shape index (κ1) is 17.5. The SMILES string of the molecule is Clc1ccc([C@H](CCNC[C@H]2CCCO2)Cc2ccccc2)cc1. The molecule has 2 aromatic rings. The molecule has 0 radical (unpaired) electrons. The summed E-state index contributed by atoms with van der Waals surface area (Å²) < 4.78 is 5.68. The Labute approximate surface area is 150 Å². The maximum atomic E-state index is 6.05. The molecule has 2 atom stereocenters. The average Bonchev–Trinajstić information content (AvgIpc) is 3.13. The zero-order valence-electron chi connectivity index (χ0n) is 14.1. The van der Waals surface area contributed by atoms with Gasteiger partial charge in [-0.15, -0.1) is 0 Å². The fourth-order valence-electron chi connectivity index (χ4n) is 3.36. The van der Waals surface area contributed by atoms with Crippen LogP contribution in [0.4, 0.5) is 0 Å². The molecule has 0 saturated carbocycles. The smallest absolute Gasteiger partial charge is 0.0700 e. The predicted molar refractivity (Wildman–Crippen MR) is 101 cm³/mol. The van der Waals surface area contributed by atoms with Crippen molar-refractivity contribution in [3.63, 3.8) is 0 Å². The first-order valence-corrected chi connectivity index (χ1v) is 9.31. The molecule has 24 heavy (non-hydrogen) atoms. The monoisotopic (exact) mass is 343 g/mol. The molecule has 2 nitrogen and oxygen atoms in total. The number of benzene rings is 2. The molecule has 1 fully saturated rings. The lowest BCUT2D eigenvalue weighted by molar-refractivity contribution is 0.110. The normalized spacial score (nSPS) is 18.6. The van der Waals surface area contributed by atoms with E-state index in [1.165, 1.54) is 24.0 Å². The lowest BCUT2D eigenvalue weighted by Crippen LogP contribution is -2.28. The van der Waals surface area contributed by atoms with Gasteiger partial charge in [0.2, 0.25) is 0 Å². The minimum Gasteiger partial charge on any atom is -0.377 e. The molecule has 0 amide bonds. The third-order valence-electron chi connectivity index (χ3n) is 4.73. The molecule has 3 rings (SSSR count). The molecule has 0 unspecified atom stereocenters. The molecule has 1 heterocycles. The Bertz CT molecular complexity index is 593. The predicted octanol–water partition coefficient (Wildman–Crippen LogP) is 4.83. The van der Waals surface area contributed by atoms with Crippen LogP contribution in [-0.4, -0.2) is 25.8 Å². The van der Waals surface area contributed by atoms with Gasteiger partial charge in [0.1, 0.15) is 0 Å². The van der Waals surface area contributed by atoms with Crippen LogP contribution in [0.1, 0.15) is 36.3 Å². The van der Waals surface area contributed by atoms with Crippen LogP contribution in [0.25, 0.3) is 0 Å². The molecule has 128 valence electrons. The lowest BCUT2D eigenvalue weighted by Gasteiger charge is -2.19. The molecular formula is C21H26ClNO. The van der Waals surface area contributed by atoms with Gasteiger partial charge >= 0.3 is 0 Å². The van der Waals surface area contributed by atoms with Gasteiger partial charge in [-0.3, -0.25) is 0 Å². The van der Waals surface area contributed by atoms with Gasteiger partial charge in [0, 0.05) is 18.2 Å². The number of nitrogens with one attached hydrogen (secondary N) is 1. The summed E-state index contributed by atoms with van der Waals surface area (Å²) in [5.74, 6) is 0.502. The van der Waals surface area contributed by atoms with Crippen molar-refractivity contribution in [3.8, 4) is 0 Å². The molecule has 0 spiro atoms. The maximum absolute atomic E-state index is 6.05. The first-order chi connectivity index (χ1) is 11.8. The van der Waals surface area contributed by atoms with Crippen molar-refractivity contribution in [1.82, 2.24) is 5.32 Å². The van der Waals surface area contributed by atoms with E-state index in [0.29, 0.717) is 12.0 Å². The summed E-state index contributed by atoms with van der Waals surface area (Å²) in [4.78, 5) is 0. The minimum absolute atomic E-state index is 0.410. The fourth-order valence-corrected chi connectivity index (χ4v) is 3.49. The van der Waals surface area contributed by atoms with Gasteiger partial charge in [0.25, 0.3) is 0 Å². The van der Waals surface area contributed by atoms with E-state index < -0.39 is 0 Å². The topological polar surface area (TPSA) is 21.3 Å². The summed E-state index contributed by atoms with van der Waals surface area (Å²) in [6, 6.07) is 19.0. The second-order valence-corrected chi connectivity index (χ2v) is 7.00. The molecule has 0 aliphatic carbocycles. The van der Waals surface area contributed by atoms with Crippen LogP contribution in [0.3, 0.4) is 0 Å². The summed E-state index contributed by atoms with van der Waals surface area (Å²) in [6.45, 7) is 2.91. The van der Waals surface area contributed by atoms with Gasteiger partial charge in [0.15, 0.2) is 0 Å². The van der Waals surface area contributed by atoms with Crippen molar-refractivity contribution in [2.75, 3.05) is 19.7 Å². The standard InChI is InChI=1S/C21H26ClNO/c22-20-10-8-18(9-11-20)19(15-17-5-2-1-3-6-17)12-13-23-16-21-7-4-14-24-21/h1-3,5-6,8-11,19,21,23H,4,7,12-16H2/t19-,21-/m1/s1. The number of hydrogen-bond donors (Lipinski definition) is 1. The Morgan fingerprint density at radius 3 is 2.58 bits per heavy atom. The van der Waals surface area contributed by atoms with Crippen molar-refractivity contribution >= 4 is 11.6 Å². The highest BCUT2D eigenvalue weighted by atomic mass is 35.5. The van der Waals surface area contributed by atoms with Gasteiger partial charge in [-0.1, -0.05) is 54.1 Å². The third-order valence-corrected chi connectivity index (χ3v) is 4.98. The zero-order valence-corrected chi connectivity index (χ0v) is 14.8. The number of rotatable bonds is 8.